The molecule has 0 aliphatic carbocycles. The zero-order valence-electron chi connectivity index (χ0n) is 26.3. The van der Waals surface area contributed by atoms with E-state index in [1.54, 1.807) is 62.4 Å². The molecule has 0 radical (unpaired) electrons. The minimum absolute atomic E-state index is 0.136. The highest BCUT2D eigenvalue weighted by atomic mass is 32.1. The van der Waals surface area contributed by atoms with E-state index >= 15 is 0 Å². The molecule has 0 bridgehead atoms. The summed E-state index contributed by atoms with van der Waals surface area (Å²) in [4.78, 5) is 53.3. The number of nitrogens with zero attached hydrogens (tertiary/aromatic N) is 4. The van der Waals surface area contributed by atoms with Crippen molar-refractivity contribution >= 4 is 34.8 Å². The Morgan fingerprint density at radius 2 is 1.60 bits per heavy atom. The van der Waals surface area contributed by atoms with Crippen molar-refractivity contribution in [1.29, 1.82) is 0 Å². The van der Waals surface area contributed by atoms with E-state index in [0.717, 1.165) is 29.5 Å². The number of carbonyl (C=O) groups is 1. The lowest BCUT2D eigenvalue weighted by atomic mass is 9.95. The van der Waals surface area contributed by atoms with Crippen LogP contribution >= 0.6 is 11.3 Å². The second kappa shape index (κ2) is 14.3. The van der Waals surface area contributed by atoms with E-state index in [1.165, 1.54) is 4.57 Å². The standard InChI is InChI=1S/C33H30N4O10S/c1-5-44-26-14-10-21(17-27(26)45-6-2)30-29(32(39)46-7-3)19(4)34-33-35(30)31(38)28(48-33)16-20-8-12-23(13-9-20)47-25-15-11-22(36(40)41)18-24(25)37(42)43/h8-18,30H,5-7H2,1-4H3/b28-16-/t30-/m1/s1. The number of hydrogen-bond donors (Lipinski definition) is 0. The summed E-state index contributed by atoms with van der Waals surface area (Å²) in [6.07, 6.45) is 1.66. The Morgan fingerprint density at radius 1 is 0.917 bits per heavy atom. The summed E-state index contributed by atoms with van der Waals surface area (Å²) in [5.41, 5.74) is 0.491. The fourth-order valence-electron chi connectivity index (χ4n) is 5.10. The monoisotopic (exact) mass is 674 g/mol. The van der Waals surface area contributed by atoms with Crippen LogP contribution in [-0.2, 0) is 9.53 Å². The third kappa shape index (κ3) is 6.80. The number of aromatic nitrogens is 1. The first kappa shape index (κ1) is 33.5. The highest BCUT2D eigenvalue weighted by molar-refractivity contribution is 7.07. The van der Waals surface area contributed by atoms with Crippen LogP contribution in [0.3, 0.4) is 0 Å². The van der Waals surface area contributed by atoms with Crippen molar-refractivity contribution in [1.82, 2.24) is 4.57 Å². The molecule has 48 heavy (non-hydrogen) atoms. The summed E-state index contributed by atoms with van der Waals surface area (Å²) in [6.45, 7) is 8.04. The molecule has 3 aromatic carbocycles. The predicted octanol–water partition coefficient (Wildman–Crippen LogP) is 5.20. The molecule has 2 heterocycles. The molecule has 0 saturated carbocycles. The Labute approximate surface area is 277 Å². The van der Waals surface area contributed by atoms with E-state index in [2.05, 4.69) is 4.99 Å². The van der Waals surface area contributed by atoms with Crippen molar-refractivity contribution in [3.63, 3.8) is 0 Å². The molecule has 1 aromatic heterocycles. The van der Waals surface area contributed by atoms with Crippen LogP contribution in [0.5, 0.6) is 23.0 Å². The second-order valence-corrected chi connectivity index (χ2v) is 11.2. The maximum absolute atomic E-state index is 14.0. The molecule has 1 aliphatic heterocycles. The largest absolute Gasteiger partial charge is 0.490 e. The lowest BCUT2D eigenvalue weighted by molar-refractivity contribution is -0.394. The van der Waals surface area contributed by atoms with Crippen LogP contribution in [0.25, 0.3) is 6.08 Å². The van der Waals surface area contributed by atoms with E-state index < -0.39 is 33.2 Å². The van der Waals surface area contributed by atoms with Crippen LogP contribution in [0.4, 0.5) is 11.4 Å². The van der Waals surface area contributed by atoms with E-state index in [9.17, 15) is 29.8 Å². The number of benzene rings is 3. The van der Waals surface area contributed by atoms with Gasteiger partial charge in [-0.3, -0.25) is 29.6 Å². The SMILES string of the molecule is CCOC(=O)C1=C(C)N=c2s/c(=C\c3ccc(Oc4ccc([N+](=O)[O-])cc4[N+](=O)[O-])cc3)c(=O)n2[C@@H]1c1ccc(OCC)c(OCC)c1. The zero-order valence-corrected chi connectivity index (χ0v) is 27.1. The fraction of sp³-hybridized carbons (Fsp3) is 0.242. The number of esters is 1. The molecule has 5 rings (SSSR count). The maximum Gasteiger partial charge on any atom is 0.338 e. The minimum Gasteiger partial charge on any atom is -0.490 e. The van der Waals surface area contributed by atoms with Gasteiger partial charge in [-0.1, -0.05) is 29.5 Å². The molecule has 0 N–H and O–H groups in total. The maximum atomic E-state index is 14.0. The van der Waals surface area contributed by atoms with Gasteiger partial charge in [0.1, 0.15) is 5.75 Å². The number of allylic oxidation sites excluding steroid dienone is 1. The van der Waals surface area contributed by atoms with Crippen LogP contribution in [0.15, 0.2) is 81.7 Å². The summed E-state index contributed by atoms with van der Waals surface area (Å²) >= 11 is 1.15. The topological polar surface area (TPSA) is 175 Å². The molecule has 0 unspecified atom stereocenters. The molecule has 1 atom stereocenters. The highest BCUT2D eigenvalue weighted by Crippen LogP contribution is 2.37. The third-order valence-electron chi connectivity index (χ3n) is 7.16. The Morgan fingerprint density at radius 3 is 2.25 bits per heavy atom. The highest BCUT2D eigenvalue weighted by Gasteiger charge is 2.34. The average Bonchev–Trinajstić information content (AvgIpc) is 3.36. The number of non-ortho nitro benzene ring substituents is 1. The number of fused-ring (bicyclic) bond motifs is 1. The second-order valence-electron chi connectivity index (χ2n) is 10.2. The molecule has 0 spiro atoms. The molecule has 0 fully saturated rings. The molecular formula is C33H30N4O10S. The Kier molecular flexibility index (Phi) is 9.99. The van der Waals surface area contributed by atoms with E-state index in [4.69, 9.17) is 18.9 Å². The van der Waals surface area contributed by atoms with Crippen molar-refractivity contribution in [3.05, 3.63) is 123 Å². The van der Waals surface area contributed by atoms with Crippen molar-refractivity contribution in [2.75, 3.05) is 19.8 Å². The number of carbonyl (C=O) groups excluding carboxylic acids is 1. The summed E-state index contributed by atoms with van der Waals surface area (Å²) in [5.74, 6) is 0.485. The van der Waals surface area contributed by atoms with Gasteiger partial charge in [-0.25, -0.2) is 9.79 Å². The van der Waals surface area contributed by atoms with Gasteiger partial charge in [0.25, 0.3) is 11.2 Å². The summed E-state index contributed by atoms with van der Waals surface area (Å²) in [6, 6.07) is 13.9. The van der Waals surface area contributed by atoms with Crippen molar-refractivity contribution in [2.45, 2.75) is 33.7 Å². The minimum atomic E-state index is -0.856. The predicted molar refractivity (Wildman–Crippen MR) is 175 cm³/mol. The van der Waals surface area contributed by atoms with E-state index in [-0.39, 0.29) is 29.2 Å². The van der Waals surface area contributed by atoms with Gasteiger partial charge in [0, 0.05) is 6.07 Å². The third-order valence-corrected chi connectivity index (χ3v) is 8.14. The van der Waals surface area contributed by atoms with Gasteiger partial charge in [0.05, 0.1) is 57.6 Å². The first-order chi connectivity index (χ1) is 23.1. The van der Waals surface area contributed by atoms with Crippen LogP contribution in [0.2, 0.25) is 0 Å². The Hall–Kier alpha value is -5.83. The van der Waals surface area contributed by atoms with E-state index in [1.807, 2.05) is 13.8 Å². The zero-order chi connectivity index (χ0) is 34.5. The molecule has 15 heteroatoms. The lowest BCUT2D eigenvalue weighted by Crippen LogP contribution is -2.40. The van der Waals surface area contributed by atoms with Crippen molar-refractivity contribution in [3.8, 4) is 23.0 Å². The smallest absolute Gasteiger partial charge is 0.338 e. The molecule has 0 saturated heterocycles. The quantitative estimate of drug-likeness (QED) is 0.110. The van der Waals surface area contributed by atoms with Crippen LogP contribution < -0.4 is 29.1 Å². The lowest BCUT2D eigenvalue weighted by Gasteiger charge is -2.25. The molecule has 0 amide bonds. The Balaban J connectivity index is 1.55. The molecule has 14 nitrogen and oxygen atoms in total. The number of thiazole rings is 1. The number of hydrogen-bond acceptors (Lipinski definition) is 12. The normalized spacial score (nSPS) is 14.2. The first-order valence-corrected chi connectivity index (χ1v) is 15.7. The van der Waals surface area contributed by atoms with Gasteiger partial charge < -0.3 is 18.9 Å². The van der Waals surface area contributed by atoms with Crippen molar-refractivity contribution in [2.24, 2.45) is 4.99 Å². The average molecular weight is 675 g/mol. The van der Waals surface area contributed by atoms with Crippen molar-refractivity contribution < 1.29 is 33.6 Å². The number of nitro benzene ring substituents is 2. The van der Waals surface area contributed by atoms with Gasteiger partial charge in [0.2, 0.25) is 5.75 Å². The summed E-state index contributed by atoms with van der Waals surface area (Å²) in [5, 5.41) is 22.5. The van der Waals surface area contributed by atoms with Gasteiger partial charge in [-0.05, 0) is 75.2 Å². The Bertz CT molecular complexity index is 2120. The molecule has 1 aliphatic rings. The molecule has 248 valence electrons. The summed E-state index contributed by atoms with van der Waals surface area (Å²) in [7, 11) is 0. The summed E-state index contributed by atoms with van der Waals surface area (Å²) < 4.78 is 24.4. The van der Waals surface area contributed by atoms with Gasteiger partial charge in [-0.15, -0.1) is 0 Å². The number of rotatable bonds is 12. The first-order valence-electron chi connectivity index (χ1n) is 14.9. The van der Waals surface area contributed by atoms with E-state index in [0.29, 0.717) is 50.9 Å². The number of nitro groups is 2. The fourth-order valence-corrected chi connectivity index (χ4v) is 6.15. The molecule has 4 aromatic rings. The van der Waals surface area contributed by atoms with Crippen LogP contribution in [0.1, 0.15) is 44.9 Å². The van der Waals surface area contributed by atoms with Crippen LogP contribution in [-0.4, -0.2) is 40.2 Å². The van der Waals surface area contributed by atoms with Gasteiger partial charge in [0.15, 0.2) is 16.3 Å². The molecular weight excluding hydrogens is 644 g/mol. The van der Waals surface area contributed by atoms with Gasteiger partial charge in [-0.2, -0.15) is 0 Å². The number of ether oxygens (including phenoxy) is 4. The van der Waals surface area contributed by atoms with Gasteiger partial charge >= 0.3 is 11.7 Å². The van der Waals surface area contributed by atoms with Crippen LogP contribution in [0, 0.1) is 20.2 Å².